The number of aromatic nitrogens is 1. The van der Waals surface area contributed by atoms with Gasteiger partial charge in [-0.3, -0.25) is 9.88 Å². The van der Waals surface area contributed by atoms with Crippen LogP contribution in [0.25, 0.3) is 0 Å². The van der Waals surface area contributed by atoms with Crippen molar-refractivity contribution in [2.45, 2.75) is 38.8 Å². The molecule has 1 fully saturated rings. The van der Waals surface area contributed by atoms with Crippen LogP contribution in [-0.4, -0.2) is 29.0 Å². The second-order valence-electron chi connectivity index (χ2n) is 5.12. The molecule has 17 heavy (non-hydrogen) atoms. The molecule has 2 atom stereocenters. The number of hydrogen-bond donors (Lipinski definition) is 1. The van der Waals surface area contributed by atoms with Gasteiger partial charge in [-0.1, -0.05) is 13.0 Å². The van der Waals surface area contributed by atoms with E-state index in [1.165, 1.54) is 24.9 Å². The van der Waals surface area contributed by atoms with E-state index in [-0.39, 0.29) is 6.04 Å². The number of nitrogens with zero attached hydrogens (tertiary/aromatic N) is 2. The van der Waals surface area contributed by atoms with Crippen LogP contribution in [0.2, 0.25) is 0 Å². The minimum atomic E-state index is 0.137. The highest BCUT2D eigenvalue weighted by molar-refractivity contribution is 5.16. The predicted octanol–water partition coefficient (Wildman–Crippen LogP) is 2.20. The number of rotatable bonds is 6. The van der Waals surface area contributed by atoms with Crippen molar-refractivity contribution in [2.75, 3.05) is 13.1 Å². The fraction of sp³-hybridized carbons (Fsp3) is 0.643. The van der Waals surface area contributed by atoms with E-state index in [0.717, 1.165) is 12.5 Å². The van der Waals surface area contributed by atoms with Gasteiger partial charge >= 0.3 is 0 Å². The van der Waals surface area contributed by atoms with Crippen LogP contribution in [0.3, 0.4) is 0 Å². The van der Waals surface area contributed by atoms with Gasteiger partial charge in [0.05, 0.1) is 6.04 Å². The number of nitrogens with two attached hydrogens (primary N) is 1. The maximum absolute atomic E-state index is 6.17. The van der Waals surface area contributed by atoms with E-state index in [4.69, 9.17) is 5.73 Å². The summed E-state index contributed by atoms with van der Waals surface area (Å²) in [5, 5.41) is 0. The summed E-state index contributed by atoms with van der Waals surface area (Å²) in [7, 11) is 0. The zero-order valence-electron chi connectivity index (χ0n) is 10.8. The van der Waals surface area contributed by atoms with E-state index in [1.807, 2.05) is 18.5 Å². The van der Waals surface area contributed by atoms with Crippen molar-refractivity contribution < 1.29 is 0 Å². The summed E-state index contributed by atoms with van der Waals surface area (Å²) in [4.78, 5) is 6.72. The average molecular weight is 233 g/mol. The zero-order valence-corrected chi connectivity index (χ0v) is 10.8. The molecular formula is C14H23N3. The van der Waals surface area contributed by atoms with E-state index in [0.29, 0.717) is 6.04 Å². The Kier molecular flexibility index (Phi) is 4.13. The SMILES string of the molecule is CCN(CC1CC1)C(c1cccnc1)C(C)N. The predicted molar refractivity (Wildman–Crippen MR) is 70.6 cm³/mol. The van der Waals surface area contributed by atoms with E-state index in [9.17, 15) is 0 Å². The van der Waals surface area contributed by atoms with Crippen molar-refractivity contribution in [3.8, 4) is 0 Å². The van der Waals surface area contributed by atoms with Crippen molar-refractivity contribution in [1.82, 2.24) is 9.88 Å². The summed E-state index contributed by atoms with van der Waals surface area (Å²) in [5.41, 5.74) is 7.41. The Morgan fingerprint density at radius 2 is 2.29 bits per heavy atom. The van der Waals surface area contributed by atoms with Crippen LogP contribution >= 0.6 is 0 Å². The standard InChI is InChI=1S/C14H23N3/c1-3-17(10-12-6-7-12)14(11(2)15)13-5-4-8-16-9-13/h4-5,8-9,11-12,14H,3,6-7,10,15H2,1-2H3. The van der Waals surface area contributed by atoms with Gasteiger partial charge in [-0.05, 0) is 43.9 Å². The molecule has 3 nitrogen and oxygen atoms in total. The monoisotopic (exact) mass is 233 g/mol. The Balaban J connectivity index is 2.14. The fourth-order valence-corrected chi connectivity index (χ4v) is 2.47. The van der Waals surface area contributed by atoms with Gasteiger partial charge in [0.15, 0.2) is 0 Å². The molecule has 0 aromatic carbocycles. The molecule has 3 heteroatoms. The van der Waals surface area contributed by atoms with Crippen LogP contribution in [0.4, 0.5) is 0 Å². The molecule has 0 aliphatic heterocycles. The molecule has 94 valence electrons. The Morgan fingerprint density at radius 1 is 1.53 bits per heavy atom. The van der Waals surface area contributed by atoms with Crippen LogP contribution < -0.4 is 5.73 Å². The minimum Gasteiger partial charge on any atom is -0.326 e. The summed E-state index contributed by atoms with van der Waals surface area (Å²) in [6.07, 6.45) is 6.53. The second-order valence-corrected chi connectivity index (χ2v) is 5.12. The van der Waals surface area contributed by atoms with Gasteiger partial charge in [0.1, 0.15) is 0 Å². The third kappa shape index (κ3) is 3.27. The van der Waals surface area contributed by atoms with E-state index in [1.54, 1.807) is 0 Å². The molecule has 1 aliphatic rings. The first-order chi connectivity index (χ1) is 8.22. The van der Waals surface area contributed by atoms with Crippen molar-refractivity contribution in [1.29, 1.82) is 0 Å². The average Bonchev–Trinajstić information content (AvgIpc) is 3.13. The van der Waals surface area contributed by atoms with Crippen molar-refractivity contribution in [3.63, 3.8) is 0 Å². The van der Waals surface area contributed by atoms with E-state index < -0.39 is 0 Å². The highest BCUT2D eigenvalue weighted by Crippen LogP contribution is 2.33. The lowest BCUT2D eigenvalue weighted by molar-refractivity contribution is 0.177. The molecule has 0 saturated heterocycles. The third-order valence-corrected chi connectivity index (χ3v) is 3.51. The molecule has 2 N–H and O–H groups in total. The number of pyridine rings is 1. The van der Waals surface area contributed by atoms with Crippen LogP contribution in [0.5, 0.6) is 0 Å². The maximum Gasteiger partial charge on any atom is 0.0511 e. The van der Waals surface area contributed by atoms with Gasteiger partial charge in [-0.2, -0.15) is 0 Å². The third-order valence-electron chi connectivity index (χ3n) is 3.51. The first-order valence-electron chi connectivity index (χ1n) is 6.62. The highest BCUT2D eigenvalue weighted by Gasteiger charge is 2.29. The minimum absolute atomic E-state index is 0.137. The molecule has 0 amide bonds. The van der Waals surface area contributed by atoms with Crippen LogP contribution in [-0.2, 0) is 0 Å². The summed E-state index contributed by atoms with van der Waals surface area (Å²) in [6.45, 7) is 6.54. The number of hydrogen-bond acceptors (Lipinski definition) is 3. The number of likely N-dealkylation sites (N-methyl/N-ethyl adjacent to an activating group) is 1. The summed E-state index contributed by atoms with van der Waals surface area (Å²) >= 11 is 0. The Labute approximate surface area is 104 Å². The van der Waals surface area contributed by atoms with Gasteiger partial charge in [0.25, 0.3) is 0 Å². The van der Waals surface area contributed by atoms with Crippen LogP contribution in [0, 0.1) is 5.92 Å². The highest BCUT2D eigenvalue weighted by atomic mass is 15.2. The van der Waals surface area contributed by atoms with Crippen molar-refractivity contribution >= 4 is 0 Å². The molecule has 0 radical (unpaired) electrons. The largest absolute Gasteiger partial charge is 0.326 e. The quantitative estimate of drug-likeness (QED) is 0.819. The molecule has 1 saturated carbocycles. The van der Waals surface area contributed by atoms with E-state index >= 15 is 0 Å². The second kappa shape index (κ2) is 5.61. The Hall–Kier alpha value is -0.930. The summed E-state index contributed by atoms with van der Waals surface area (Å²) < 4.78 is 0. The molecule has 2 rings (SSSR count). The molecule has 1 aromatic rings. The molecule has 0 spiro atoms. The smallest absolute Gasteiger partial charge is 0.0511 e. The molecule has 1 aliphatic carbocycles. The molecule has 2 unspecified atom stereocenters. The van der Waals surface area contributed by atoms with Crippen molar-refractivity contribution in [3.05, 3.63) is 30.1 Å². The topological polar surface area (TPSA) is 42.2 Å². The summed E-state index contributed by atoms with van der Waals surface area (Å²) in [5.74, 6) is 0.896. The van der Waals surface area contributed by atoms with Crippen LogP contribution in [0.15, 0.2) is 24.5 Å². The molecular weight excluding hydrogens is 210 g/mol. The lowest BCUT2D eigenvalue weighted by Crippen LogP contribution is -2.40. The summed E-state index contributed by atoms with van der Waals surface area (Å²) in [6, 6.07) is 4.57. The maximum atomic E-state index is 6.17. The van der Waals surface area contributed by atoms with Gasteiger partial charge in [0.2, 0.25) is 0 Å². The Morgan fingerprint density at radius 3 is 2.76 bits per heavy atom. The van der Waals surface area contributed by atoms with Crippen LogP contribution in [0.1, 0.15) is 38.3 Å². The van der Waals surface area contributed by atoms with Gasteiger partial charge in [-0.25, -0.2) is 0 Å². The van der Waals surface area contributed by atoms with E-state index in [2.05, 4.69) is 29.8 Å². The Bertz CT molecular complexity index is 333. The van der Waals surface area contributed by atoms with Gasteiger partial charge in [-0.15, -0.1) is 0 Å². The molecule has 1 aromatic heterocycles. The van der Waals surface area contributed by atoms with Gasteiger partial charge < -0.3 is 5.73 Å². The van der Waals surface area contributed by atoms with Gasteiger partial charge in [0, 0.05) is 25.0 Å². The lowest BCUT2D eigenvalue weighted by atomic mass is 10.0. The zero-order chi connectivity index (χ0) is 12.3. The lowest BCUT2D eigenvalue weighted by Gasteiger charge is -2.33. The first kappa shape index (κ1) is 12.5. The molecule has 1 heterocycles. The molecule has 0 bridgehead atoms. The normalized spacial score (nSPS) is 19.3. The fourth-order valence-electron chi connectivity index (χ4n) is 2.47. The van der Waals surface area contributed by atoms with Crippen molar-refractivity contribution in [2.24, 2.45) is 11.7 Å². The first-order valence-corrected chi connectivity index (χ1v) is 6.62.